The van der Waals surface area contributed by atoms with Gasteiger partial charge >= 0.3 is 29.8 Å². The van der Waals surface area contributed by atoms with Crippen molar-refractivity contribution in [2.24, 2.45) is 0 Å². The number of rotatable bonds is 12. The minimum Gasteiger partial charge on any atom is -0.462 e. The van der Waals surface area contributed by atoms with Crippen LogP contribution in [0.4, 0.5) is 0 Å². The van der Waals surface area contributed by atoms with Crippen LogP contribution in [-0.4, -0.2) is 81.4 Å². The van der Waals surface area contributed by atoms with Crippen molar-refractivity contribution < 1.29 is 57.1 Å². The molecular weight excluding hydrogens is 408 g/mol. The Hall–Kier alpha value is -2.73. The van der Waals surface area contributed by atoms with E-state index in [9.17, 15) is 24.0 Å². The van der Waals surface area contributed by atoms with Gasteiger partial charge in [0.2, 0.25) is 0 Å². The molecule has 0 radical (unpaired) electrons. The van der Waals surface area contributed by atoms with Gasteiger partial charge in [0.05, 0.1) is 0 Å². The van der Waals surface area contributed by atoms with Crippen LogP contribution in [0.15, 0.2) is 0 Å². The Kier molecular flexibility index (Phi) is 12.3. The van der Waals surface area contributed by atoms with Gasteiger partial charge in [0, 0.05) is 48.8 Å². The molecule has 30 heavy (non-hydrogen) atoms. The molecule has 0 saturated heterocycles. The largest absolute Gasteiger partial charge is 0.462 e. The zero-order valence-corrected chi connectivity index (χ0v) is 18.0. The fraction of sp³-hybridized carbons (Fsp3) is 0.722. The van der Waals surface area contributed by atoms with Gasteiger partial charge in [-0.25, -0.2) is 0 Å². The van der Waals surface area contributed by atoms with Crippen LogP contribution in [0.1, 0.15) is 34.6 Å². The van der Waals surface area contributed by atoms with Crippen molar-refractivity contribution in [2.45, 2.75) is 65.3 Å². The van der Waals surface area contributed by atoms with Crippen molar-refractivity contribution >= 4 is 29.8 Å². The summed E-state index contributed by atoms with van der Waals surface area (Å²) in [5.41, 5.74) is 0. The molecule has 0 N–H and O–H groups in total. The molecule has 0 aromatic carbocycles. The van der Waals surface area contributed by atoms with Gasteiger partial charge in [0.1, 0.15) is 6.61 Å². The molecule has 0 aliphatic rings. The lowest BCUT2D eigenvalue weighted by Gasteiger charge is -2.37. The summed E-state index contributed by atoms with van der Waals surface area (Å²) in [6.45, 7) is 4.85. The Balaban J connectivity index is 6.37. The summed E-state index contributed by atoms with van der Waals surface area (Å²) < 4.78 is 35.9. The first-order valence-electron chi connectivity index (χ1n) is 8.80. The number of esters is 5. The number of carbonyl (C=O) groups excluding carboxylic acids is 5. The third-order valence-corrected chi connectivity index (χ3v) is 3.42. The van der Waals surface area contributed by atoms with Gasteiger partial charge < -0.3 is 33.2 Å². The summed E-state index contributed by atoms with van der Waals surface area (Å²) >= 11 is 0. The first-order valence-corrected chi connectivity index (χ1v) is 8.80. The van der Waals surface area contributed by atoms with E-state index in [-0.39, 0.29) is 0 Å². The van der Waals surface area contributed by atoms with E-state index in [1.165, 1.54) is 14.2 Å². The highest BCUT2D eigenvalue weighted by Gasteiger charge is 2.47. The van der Waals surface area contributed by atoms with E-state index in [4.69, 9.17) is 33.2 Å². The highest BCUT2D eigenvalue weighted by molar-refractivity contribution is 5.69. The normalized spacial score (nSPS) is 14.7. The molecule has 12 heteroatoms. The van der Waals surface area contributed by atoms with Crippen molar-refractivity contribution in [3.05, 3.63) is 0 Å². The van der Waals surface area contributed by atoms with E-state index in [2.05, 4.69) is 0 Å². The highest BCUT2D eigenvalue weighted by Crippen LogP contribution is 2.23. The smallest absolute Gasteiger partial charge is 0.303 e. The van der Waals surface area contributed by atoms with Crippen molar-refractivity contribution in [1.29, 1.82) is 0 Å². The molecule has 0 rings (SSSR count). The Morgan fingerprint density at radius 2 is 0.967 bits per heavy atom. The van der Waals surface area contributed by atoms with Crippen LogP contribution in [0.25, 0.3) is 0 Å². The standard InChI is InChI=1S/C18H28O12/c1-9(19)26-8-14(27-10(2)20)15(28-11(3)21)16(29-12(4)22)17(30-13(5)23)18(24-6)25-7/h14-18H,8H2,1-7H3/t14-,15+,16+,17+/m1/s1. The van der Waals surface area contributed by atoms with E-state index in [0.717, 1.165) is 34.6 Å². The lowest BCUT2D eigenvalue weighted by atomic mass is 10.0. The molecule has 0 aromatic heterocycles. The third kappa shape index (κ3) is 10.2. The van der Waals surface area contributed by atoms with E-state index < -0.39 is 67.2 Å². The second kappa shape index (κ2) is 13.5. The van der Waals surface area contributed by atoms with Crippen molar-refractivity contribution in [1.82, 2.24) is 0 Å². The van der Waals surface area contributed by atoms with Gasteiger partial charge in [0.25, 0.3) is 0 Å². The summed E-state index contributed by atoms with van der Waals surface area (Å²) in [6, 6.07) is 0. The van der Waals surface area contributed by atoms with Crippen LogP contribution >= 0.6 is 0 Å². The zero-order valence-electron chi connectivity index (χ0n) is 18.0. The Bertz CT molecular complexity index is 612. The van der Waals surface area contributed by atoms with Crippen molar-refractivity contribution in [2.75, 3.05) is 20.8 Å². The third-order valence-electron chi connectivity index (χ3n) is 3.42. The monoisotopic (exact) mass is 436 g/mol. The van der Waals surface area contributed by atoms with Crippen LogP contribution in [0.3, 0.4) is 0 Å². The second-order valence-corrected chi connectivity index (χ2v) is 6.01. The van der Waals surface area contributed by atoms with Gasteiger partial charge in [-0.1, -0.05) is 0 Å². The van der Waals surface area contributed by atoms with Crippen molar-refractivity contribution in [3.8, 4) is 0 Å². The van der Waals surface area contributed by atoms with Gasteiger partial charge in [-0.05, 0) is 0 Å². The van der Waals surface area contributed by atoms with Gasteiger partial charge in [-0.2, -0.15) is 0 Å². The van der Waals surface area contributed by atoms with Crippen LogP contribution in [0.2, 0.25) is 0 Å². The number of hydrogen-bond donors (Lipinski definition) is 0. The van der Waals surface area contributed by atoms with E-state index in [1.807, 2.05) is 0 Å². The quantitative estimate of drug-likeness (QED) is 0.228. The average molecular weight is 436 g/mol. The molecule has 0 aliphatic heterocycles. The molecule has 0 unspecified atom stereocenters. The van der Waals surface area contributed by atoms with Crippen molar-refractivity contribution in [3.63, 3.8) is 0 Å². The molecule has 0 aromatic rings. The minimum atomic E-state index is -1.56. The Morgan fingerprint density at radius 3 is 1.33 bits per heavy atom. The molecule has 0 heterocycles. The first-order chi connectivity index (χ1) is 13.9. The zero-order chi connectivity index (χ0) is 23.4. The average Bonchev–Trinajstić information content (AvgIpc) is 2.60. The maximum Gasteiger partial charge on any atom is 0.303 e. The van der Waals surface area contributed by atoms with E-state index in [0.29, 0.717) is 0 Å². The Labute approximate surface area is 174 Å². The molecule has 172 valence electrons. The van der Waals surface area contributed by atoms with Gasteiger partial charge in [-0.15, -0.1) is 0 Å². The molecule has 0 amide bonds. The van der Waals surface area contributed by atoms with Gasteiger partial charge in [0.15, 0.2) is 30.7 Å². The van der Waals surface area contributed by atoms with Crippen LogP contribution < -0.4 is 0 Å². The highest BCUT2D eigenvalue weighted by atomic mass is 16.7. The SMILES string of the molecule is COC(OC)[C@@H](OC(C)=O)[C@@H](OC(C)=O)[C@@H](OC(C)=O)[C@@H](COC(C)=O)OC(C)=O. The van der Waals surface area contributed by atoms with Crippen LogP contribution in [0, 0.1) is 0 Å². The van der Waals surface area contributed by atoms with Crippen LogP contribution in [-0.2, 0) is 57.1 Å². The summed E-state index contributed by atoms with van der Waals surface area (Å²) in [5.74, 6) is -3.98. The van der Waals surface area contributed by atoms with Crippen LogP contribution in [0.5, 0.6) is 0 Å². The maximum atomic E-state index is 11.8. The van der Waals surface area contributed by atoms with E-state index >= 15 is 0 Å². The molecule has 4 atom stereocenters. The molecule has 0 fully saturated rings. The summed E-state index contributed by atoms with van der Waals surface area (Å²) in [5, 5.41) is 0. The molecule has 0 spiro atoms. The fourth-order valence-electron chi connectivity index (χ4n) is 2.50. The summed E-state index contributed by atoms with van der Waals surface area (Å²) in [6.07, 6.45) is -7.22. The molecule has 0 aliphatic carbocycles. The predicted octanol–water partition coefficient (Wildman–Crippen LogP) is -0.105. The van der Waals surface area contributed by atoms with Gasteiger partial charge in [-0.3, -0.25) is 24.0 Å². The fourth-order valence-corrected chi connectivity index (χ4v) is 2.50. The first kappa shape index (κ1) is 27.3. The maximum absolute atomic E-state index is 11.8. The topological polar surface area (TPSA) is 150 Å². The number of methoxy groups -OCH3 is 2. The minimum absolute atomic E-state index is 0.540. The number of carbonyl (C=O) groups is 5. The number of ether oxygens (including phenoxy) is 7. The second-order valence-electron chi connectivity index (χ2n) is 6.01. The molecule has 0 bridgehead atoms. The predicted molar refractivity (Wildman–Crippen MR) is 96.7 cm³/mol. The van der Waals surface area contributed by atoms with E-state index in [1.54, 1.807) is 0 Å². The lowest BCUT2D eigenvalue weighted by molar-refractivity contribution is -0.239. The molecule has 0 saturated carbocycles. The number of hydrogen-bond acceptors (Lipinski definition) is 12. The molecule has 12 nitrogen and oxygen atoms in total. The summed E-state index contributed by atoms with van der Waals surface area (Å²) in [4.78, 5) is 58.0. The lowest BCUT2D eigenvalue weighted by Crippen LogP contribution is -2.56. The summed E-state index contributed by atoms with van der Waals surface area (Å²) in [7, 11) is 2.47. The molecular formula is C18H28O12. The Morgan fingerprint density at radius 1 is 0.567 bits per heavy atom.